The first kappa shape index (κ1) is 14.4. The summed E-state index contributed by atoms with van der Waals surface area (Å²) < 4.78 is 30.7. The van der Waals surface area contributed by atoms with Crippen LogP contribution in [0.15, 0.2) is 18.2 Å². The number of benzene rings is 1. The quantitative estimate of drug-likeness (QED) is 0.878. The molecule has 1 heterocycles. The highest BCUT2D eigenvalue weighted by Gasteiger charge is 2.18. The van der Waals surface area contributed by atoms with E-state index in [-0.39, 0.29) is 24.6 Å². The van der Waals surface area contributed by atoms with Gasteiger partial charge in [-0.25, -0.2) is 8.78 Å². The van der Waals surface area contributed by atoms with Crippen molar-refractivity contribution in [2.24, 2.45) is 0 Å². The zero-order chi connectivity index (χ0) is 14.5. The number of amides is 2. The Labute approximate surface area is 114 Å². The number of carbonyl (C=O) groups excluding carboxylic acids is 2. The van der Waals surface area contributed by atoms with Crippen LogP contribution in [0, 0.1) is 11.6 Å². The minimum absolute atomic E-state index is 0.0391. The first-order valence-corrected chi connectivity index (χ1v) is 6.16. The van der Waals surface area contributed by atoms with E-state index in [1.54, 1.807) is 4.90 Å². The number of hydrogen-bond acceptors (Lipinski definition) is 3. The highest BCUT2D eigenvalue weighted by molar-refractivity contribution is 5.94. The van der Waals surface area contributed by atoms with E-state index < -0.39 is 17.5 Å². The summed E-state index contributed by atoms with van der Waals surface area (Å²) in [6.07, 6.45) is 0. The van der Waals surface area contributed by atoms with E-state index in [2.05, 4.69) is 5.32 Å². The van der Waals surface area contributed by atoms with Gasteiger partial charge in [-0.2, -0.15) is 0 Å². The maximum Gasteiger partial charge on any atom is 0.251 e. The zero-order valence-electron chi connectivity index (χ0n) is 10.7. The van der Waals surface area contributed by atoms with E-state index >= 15 is 0 Å². The number of morpholine rings is 1. The van der Waals surface area contributed by atoms with Gasteiger partial charge in [-0.1, -0.05) is 0 Å². The Morgan fingerprint density at radius 3 is 2.85 bits per heavy atom. The third kappa shape index (κ3) is 3.51. The van der Waals surface area contributed by atoms with E-state index in [0.717, 1.165) is 12.1 Å². The molecule has 2 amide bonds. The smallest absolute Gasteiger partial charge is 0.251 e. The summed E-state index contributed by atoms with van der Waals surface area (Å²) in [6, 6.07) is 2.94. The average Bonchev–Trinajstić information content (AvgIpc) is 2.44. The van der Waals surface area contributed by atoms with Crippen LogP contribution in [0.5, 0.6) is 0 Å². The van der Waals surface area contributed by atoms with Gasteiger partial charge in [0.1, 0.15) is 6.61 Å². The molecule has 0 radical (unpaired) electrons. The maximum absolute atomic E-state index is 13.0. The Balaban J connectivity index is 1.82. The number of hydrogen-bond donors (Lipinski definition) is 1. The maximum atomic E-state index is 13.0. The van der Waals surface area contributed by atoms with Crippen LogP contribution in [0.1, 0.15) is 10.4 Å². The van der Waals surface area contributed by atoms with Crippen molar-refractivity contribution in [2.75, 3.05) is 32.8 Å². The summed E-state index contributed by atoms with van der Waals surface area (Å²) in [6.45, 7) is 1.61. The van der Waals surface area contributed by atoms with Crippen molar-refractivity contribution in [3.05, 3.63) is 35.4 Å². The number of halogens is 2. The topological polar surface area (TPSA) is 58.6 Å². The molecule has 1 aromatic carbocycles. The van der Waals surface area contributed by atoms with Crippen LogP contribution in [0.4, 0.5) is 8.78 Å². The van der Waals surface area contributed by atoms with E-state index in [1.807, 2.05) is 0 Å². The van der Waals surface area contributed by atoms with Crippen LogP contribution in [-0.4, -0.2) is 49.6 Å². The fraction of sp³-hybridized carbons (Fsp3) is 0.385. The van der Waals surface area contributed by atoms with Crippen LogP contribution >= 0.6 is 0 Å². The normalized spacial score (nSPS) is 15.3. The second-order valence-electron chi connectivity index (χ2n) is 4.32. The van der Waals surface area contributed by atoms with Crippen molar-refractivity contribution in [1.29, 1.82) is 0 Å². The van der Waals surface area contributed by atoms with Gasteiger partial charge in [-0.15, -0.1) is 0 Å². The van der Waals surface area contributed by atoms with Crippen molar-refractivity contribution in [3.8, 4) is 0 Å². The molecule has 0 bridgehead atoms. The highest BCUT2D eigenvalue weighted by atomic mass is 19.2. The third-order valence-corrected chi connectivity index (χ3v) is 2.93. The van der Waals surface area contributed by atoms with E-state index in [0.29, 0.717) is 19.7 Å². The lowest BCUT2D eigenvalue weighted by Crippen LogP contribution is -2.45. The number of nitrogens with zero attached hydrogens (tertiary/aromatic N) is 1. The molecule has 0 saturated carbocycles. The molecule has 7 heteroatoms. The summed E-state index contributed by atoms with van der Waals surface area (Å²) in [5.41, 5.74) is 0.0391. The molecule has 1 aromatic rings. The molecule has 20 heavy (non-hydrogen) atoms. The van der Waals surface area contributed by atoms with E-state index in [9.17, 15) is 18.4 Å². The lowest BCUT2D eigenvalue weighted by Gasteiger charge is -2.26. The summed E-state index contributed by atoms with van der Waals surface area (Å²) in [5.74, 6) is -2.70. The van der Waals surface area contributed by atoms with E-state index in [4.69, 9.17) is 4.74 Å². The third-order valence-electron chi connectivity index (χ3n) is 2.93. The predicted molar refractivity (Wildman–Crippen MR) is 66.1 cm³/mol. The number of ether oxygens (including phenoxy) is 1. The van der Waals surface area contributed by atoms with Gasteiger partial charge >= 0.3 is 0 Å². The lowest BCUT2D eigenvalue weighted by molar-refractivity contribution is -0.142. The lowest BCUT2D eigenvalue weighted by atomic mass is 10.2. The molecule has 1 saturated heterocycles. The van der Waals surface area contributed by atoms with Crippen LogP contribution < -0.4 is 5.32 Å². The average molecular weight is 284 g/mol. The molecule has 5 nitrogen and oxygen atoms in total. The first-order chi connectivity index (χ1) is 9.58. The van der Waals surface area contributed by atoms with Crippen molar-refractivity contribution in [3.63, 3.8) is 0 Å². The molecule has 0 unspecified atom stereocenters. The van der Waals surface area contributed by atoms with Crippen molar-refractivity contribution in [1.82, 2.24) is 10.2 Å². The second-order valence-corrected chi connectivity index (χ2v) is 4.32. The molecule has 0 atom stereocenters. The fourth-order valence-electron chi connectivity index (χ4n) is 1.83. The Bertz CT molecular complexity index is 522. The standard InChI is InChI=1S/C13H14F2N2O3/c14-10-2-1-9(7-11(10)15)13(19)16-3-4-17-5-6-20-8-12(17)18/h1-2,7H,3-6,8H2,(H,16,19). The number of rotatable bonds is 4. The summed E-state index contributed by atoms with van der Waals surface area (Å²) in [4.78, 5) is 24.7. The molecular weight excluding hydrogens is 270 g/mol. The van der Waals surface area contributed by atoms with Crippen molar-refractivity contribution < 1.29 is 23.1 Å². The fourth-order valence-corrected chi connectivity index (χ4v) is 1.83. The molecule has 108 valence electrons. The Hall–Kier alpha value is -2.02. The monoisotopic (exact) mass is 284 g/mol. The largest absolute Gasteiger partial charge is 0.370 e. The highest BCUT2D eigenvalue weighted by Crippen LogP contribution is 2.08. The summed E-state index contributed by atoms with van der Waals surface area (Å²) >= 11 is 0. The molecule has 2 rings (SSSR count). The molecule has 0 aromatic heterocycles. The molecule has 1 aliphatic heterocycles. The van der Waals surface area contributed by atoms with Gasteiger partial charge in [0.15, 0.2) is 11.6 Å². The minimum Gasteiger partial charge on any atom is -0.370 e. The minimum atomic E-state index is -1.07. The van der Waals surface area contributed by atoms with Gasteiger partial charge in [0.05, 0.1) is 6.61 Å². The van der Waals surface area contributed by atoms with Gasteiger partial charge in [0, 0.05) is 25.2 Å². The molecule has 1 N–H and O–H groups in total. The first-order valence-electron chi connectivity index (χ1n) is 6.16. The van der Waals surface area contributed by atoms with Gasteiger partial charge in [-0.3, -0.25) is 9.59 Å². The SMILES string of the molecule is O=C(NCCN1CCOCC1=O)c1ccc(F)c(F)c1. The Morgan fingerprint density at radius 1 is 1.35 bits per heavy atom. The molecular formula is C13H14F2N2O3. The van der Waals surface area contributed by atoms with Crippen molar-refractivity contribution >= 4 is 11.8 Å². The molecule has 0 aliphatic carbocycles. The van der Waals surface area contributed by atoms with E-state index in [1.165, 1.54) is 6.07 Å². The zero-order valence-corrected chi connectivity index (χ0v) is 10.7. The van der Waals surface area contributed by atoms with Crippen LogP contribution in [0.3, 0.4) is 0 Å². The summed E-state index contributed by atoms with van der Waals surface area (Å²) in [7, 11) is 0. The molecule has 1 aliphatic rings. The molecule has 1 fully saturated rings. The van der Waals surface area contributed by atoms with Crippen molar-refractivity contribution in [2.45, 2.75) is 0 Å². The van der Waals surface area contributed by atoms with Crippen LogP contribution in [0.2, 0.25) is 0 Å². The number of nitrogens with one attached hydrogen (secondary N) is 1. The Kier molecular flexibility index (Phi) is 4.62. The summed E-state index contributed by atoms with van der Waals surface area (Å²) in [5, 5.41) is 2.55. The molecule has 0 spiro atoms. The number of carbonyl (C=O) groups is 2. The van der Waals surface area contributed by atoms with Crippen LogP contribution in [0.25, 0.3) is 0 Å². The van der Waals surface area contributed by atoms with Gasteiger partial charge < -0.3 is 15.0 Å². The Morgan fingerprint density at radius 2 is 2.15 bits per heavy atom. The van der Waals surface area contributed by atoms with Gasteiger partial charge in [0.25, 0.3) is 5.91 Å². The predicted octanol–water partition coefficient (Wildman–Crippen LogP) is 0.553. The van der Waals surface area contributed by atoms with Gasteiger partial charge in [0.2, 0.25) is 5.91 Å². The second kappa shape index (κ2) is 6.42. The van der Waals surface area contributed by atoms with Crippen LogP contribution in [-0.2, 0) is 9.53 Å². The van der Waals surface area contributed by atoms with Gasteiger partial charge in [-0.05, 0) is 18.2 Å².